The summed E-state index contributed by atoms with van der Waals surface area (Å²) in [5, 5.41) is 9.20. The van der Waals surface area contributed by atoms with E-state index in [0.717, 1.165) is 71.2 Å². The molecule has 168 valence electrons. The van der Waals surface area contributed by atoms with Crippen LogP contribution in [0.25, 0.3) is 0 Å². The van der Waals surface area contributed by atoms with Gasteiger partial charge in [0.2, 0.25) is 0 Å². The molecule has 2 unspecified atom stereocenters. The Bertz CT molecular complexity index is 820. The smallest absolute Gasteiger partial charge is 0.191 e. The first kappa shape index (κ1) is 22.3. The lowest BCUT2D eigenvalue weighted by molar-refractivity contribution is 0.0420. The first-order valence-electron chi connectivity index (χ1n) is 11.3. The molecule has 0 amide bonds. The van der Waals surface area contributed by atoms with Crippen LogP contribution in [0.5, 0.6) is 0 Å². The van der Waals surface area contributed by atoms with Crippen molar-refractivity contribution in [2.24, 2.45) is 4.99 Å². The summed E-state index contributed by atoms with van der Waals surface area (Å²) in [6.45, 7) is 6.07. The van der Waals surface area contributed by atoms with Gasteiger partial charge in [0, 0.05) is 51.3 Å². The Morgan fingerprint density at radius 3 is 3.00 bits per heavy atom. The molecule has 6 nitrogen and oxygen atoms in total. The number of benzene rings is 1. The van der Waals surface area contributed by atoms with Crippen molar-refractivity contribution >= 4 is 17.3 Å². The van der Waals surface area contributed by atoms with Crippen LogP contribution < -0.4 is 10.6 Å². The minimum Gasteiger partial charge on any atom is -0.379 e. The van der Waals surface area contributed by atoms with Crippen LogP contribution in [0.2, 0.25) is 0 Å². The number of hydrogen-bond acceptors (Lipinski definition) is 5. The van der Waals surface area contributed by atoms with Crippen molar-refractivity contribution in [2.45, 2.75) is 38.0 Å². The molecule has 3 heterocycles. The van der Waals surface area contributed by atoms with Crippen LogP contribution in [-0.4, -0.2) is 63.5 Å². The number of aliphatic imine (C=N–C) groups is 1. The van der Waals surface area contributed by atoms with E-state index in [1.807, 2.05) is 18.4 Å². The Balaban J connectivity index is 1.28. The van der Waals surface area contributed by atoms with E-state index >= 15 is 0 Å². The molecule has 31 heavy (non-hydrogen) atoms. The van der Waals surface area contributed by atoms with Crippen LogP contribution in [0, 0.1) is 0 Å². The van der Waals surface area contributed by atoms with E-state index in [4.69, 9.17) is 9.47 Å². The van der Waals surface area contributed by atoms with E-state index < -0.39 is 0 Å². The molecular formula is C24H34N4O2S. The zero-order valence-electron chi connectivity index (χ0n) is 18.4. The molecule has 2 aromatic rings. The number of hydrogen-bond donors (Lipinski definition) is 2. The molecule has 0 saturated carbocycles. The van der Waals surface area contributed by atoms with Crippen LogP contribution in [0.4, 0.5) is 0 Å². The molecule has 0 bridgehead atoms. The Morgan fingerprint density at radius 1 is 1.29 bits per heavy atom. The molecule has 1 saturated heterocycles. The third-order valence-corrected chi connectivity index (χ3v) is 7.03. The summed E-state index contributed by atoms with van der Waals surface area (Å²) < 4.78 is 11.2. The summed E-state index contributed by atoms with van der Waals surface area (Å²) in [5.74, 6) is 0.846. The molecule has 7 heteroatoms. The summed E-state index contributed by atoms with van der Waals surface area (Å²) in [5.41, 5.74) is 2.82. The Kier molecular flexibility index (Phi) is 8.35. The minimum atomic E-state index is 0.275. The summed E-state index contributed by atoms with van der Waals surface area (Å²) in [7, 11) is 1.83. The van der Waals surface area contributed by atoms with Gasteiger partial charge in [-0.25, -0.2) is 0 Å². The molecule has 1 fully saturated rings. The van der Waals surface area contributed by atoms with Crippen LogP contribution in [0.3, 0.4) is 0 Å². The van der Waals surface area contributed by atoms with Gasteiger partial charge in [0.05, 0.1) is 18.8 Å². The van der Waals surface area contributed by atoms with Gasteiger partial charge in [-0.15, -0.1) is 11.3 Å². The summed E-state index contributed by atoms with van der Waals surface area (Å²) in [4.78, 5) is 8.55. The van der Waals surface area contributed by atoms with Crippen LogP contribution >= 0.6 is 11.3 Å². The van der Waals surface area contributed by atoms with Crippen molar-refractivity contribution in [1.82, 2.24) is 15.5 Å². The fourth-order valence-electron chi connectivity index (χ4n) is 4.26. The first-order valence-corrected chi connectivity index (χ1v) is 12.2. The molecule has 2 aliphatic rings. The Labute approximate surface area is 189 Å². The van der Waals surface area contributed by atoms with Crippen LogP contribution in [0.15, 0.2) is 46.8 Å². The maximum Gasteiger partial charge on any atom is 0.191 e. The zero-order chi connectivity index (χ0) is 21.3. The van der Waals surface area contributed by atoms with Gasteiger partial charge in [0.25, 0.3) is 0 Å². The molecule has 2 aliphatic heterocycles. The first-order chi connectivity index (χ1) is 15.3. The molecule has 0 radical (unpaired) electrons. The summed E-state index contributed by atoms with van der Waals surface area (Å²) in [6, 6.07) is 13.4. The number of rotatable bonds is 9. The number of guanidine groups is 1. The lowest BCUT2D eigenvalue weighted by Gasteiger charge is -2.35. The number of nitrogens with one attached hydrogen (secondary N) is 2. The van der Waals surface area contributed by atoms with Gasteiger partial charge in [0.1, 0.15) is 0 Å². The third-order valence-electron chi connectivity index (χ3n) is 6.00. The highest BCUT2D eigenvalue weighted by Gasteiger charge is 2.25. The van der Waals surface area contributed by atoms with Crippen LogP contribution in [0.1, 0.15) is 34.9 Å². The third kappa shape index (κ3) is 6.29. The SMILES string of the molecule is CN=C(NCCCOC1CCOC1)NCC(c1ccccc1)N1CCc2sccc2C1. The largest absolute Gasteiger partial charge is 0.379 e. The lowest BCUT2D eigenvalue weighted by Crippen LogP contribution is -2.44. The average Bonchev–Trinajstić information content (AvgIpc) is 3.50. The second-order valence-electron chi connectivity index (χ2n) is 8.11. The standard InChI is InChI=1S/C24H34N4O2S/c1-25-24(26-11-5-13-30-21-9-14-29-18-21)27-16-22(19-6-3-2-4-7-19)28-12-8-23-20(17-28)10-15-31-23/h2-4,6-7,10,15,21-22H,5,8-9,11-14,16-18H2,1H3,(H2,25,26,27). The van der Waals surface area contributed by atoms with Crippen molar-refractivity contribution in [3.05, 3.63) is 57.8 Å². The molecule has 0 aliphatic carbocycles. The van der Waals surface area contributed by atoms with Crippen molar-refractivity contribution in [3.63, 3.8) is 0 Å². The van der Waals surface area contributed by atoms with Gasteiger partial charge < -0.3 is 20.1 Å². The highest BCUT2D eigenvalue weighted by atomic mass is 32.1. The topological polar surface area (TPSA) is 58.1 Å². The second kappa shape index (κ2) is 11.6. The van der Waals surface area contributed by atoms with E-state index in [9.17, 15) is 0 Å². The monoisotopic (exact) mass is 442 g/mol. The number of thiophene rings is 1. The predicted octanol–water partition coefficient (Wildman–Crippen LogP) is 3.21. The Hall–Kier alpha value is -1.93. The molecule has 1 aromatic carbocycles. The number of ether oxygens (including phenoxy) is 2. The fourth-order valence-corrected chi connectivity index (χ4v) is 5.15. The van der Waals surface area contributed by atoms with Gasteiger partial charge in [-0.2, -0.15) is 0 Å². The van der Waals surface area contributed by atoms with Gasteiger partial charge in [-0.1, -0.05) is 30.3 Å². The van der Waals surface area contributed by atoms with Gasteiger partial charge in [-0.3, -0.25) is 9.89 Å². The van der Waals surface area contributed by atoms with Gasteiger partial charge in [0.15, 0.2) is 5.96 Å². The van der Waals surface area contributed by atoms with E-state index in [0.29, 0.717) is 6.04 Å². The second-order valence-corrected chi connectivity index (χ2v) is 9.11. The number of fused-ring (bicyclic) bond motifs is 1. The van der Waals surface area contributed by atoms with Crippen molar-refractivity contribution < 1.29 is 9.47 Å². The summed E-state index contributed by atoms with van der Waals surface area (Å²) in [6.07, 6.45) is 3.38. The van der Waals surface area contributed by atoms with E-state index in [1.54, 1.807) is 4.88 Å². The fraction of sp³-hybridized carbons (Fsp3) is 0.542. The van der Waals surface area contributed by atoms with Crippen molar-refractivity contribution in [3.8, 4) is 0 Å². The highest BCUT2D eigenvalue weighted by molar-refractivity contribution is 7.10. The lowest BCUT2D eigenvalue weighted by atomic mass is 10.0. The van der Waals surface area contributed by atoms with Gasteiger partial charge in [-0.05, 0) is 41.8 Å². The molecule has 1 aromatic heterocycles. The van der Waals surface area contributed by atoms with E-state index in [2.05, 4.69) is 62.3 Å². The van der Waals surface area contributed by atoms with E-state index in [-0.39, 0.29) is 6.10 Å². The maximum atomic E-state index is 5.84. The Morgan fingerprint density at radius 2 is 2.19 bits per heavy atom. The predicted molar refractivity (Wildman–Crippen MR) is 127 cm³/mol. The quantitative estimate of drug-likeness (QED) is 0.355. The van der Waals surface area contributed by atoms with Gasteiger partial charge >= 0.3 is 0 Å². The summed E-state index contributed by atoms with van der Waals surface area (Å²) >= 11 is 1.89. The molecule has 4 rings (SSSR count). The normalized spacial score (nSPS) is 20.4. The molecule has 0 spiro atoms. The highest BCUT2D eigenvalue weighted by Crippen LogP contribution is 2.30. The molecule has 2 N–H and O–H groups in total. The average molecular weight is 443 g/mol. The van der Waals surface area contributed by atoms with Crippen LogP contribution in [-0.2, 0) is 22.4 Å². The number of nitrogens with zero attached hydrogens (tertiary/aromatic N) is 2. The minimum absolute atomic E-state index is 0.275. The van der Waals surface area contributed by atoms with Crippen molar-refractivity contribution in [1.29, 1.82) is 0 Å². The molecule has 2 atom stereocenters. The van der Waals surface area contributed by atoms with Crippen molar-refractivity contribution in [2.75, 3.05) is 46.5 Å². The van der Waals surface area contributed by atoms with E-state index in [1.165, 1.54) is 11.1 Å². The maximum absolute atomic E-state index is 5.84. The zero-order valence-corrected chi connectivity index (χ0v) is 19.2. The molecular weight excluding hydrogens is 408 g/mol.